The predicted molar refractivity (Wildman–Crippen MR) is 159 cm³/mol. The summed E-state index contributed by atoms with van der Waals surface area (Å²) in [7, 11) is 1.52. The van der Waals surface area contributed by atoms with Gasteiger partial charge in [-0.25, -0.2) is 9.59 Å². The van der Waals surface area contributed by atoms with Gasteiger partial charge in [0, 0.05) is 32.1 Å². The Labute approximate surface area is 252 Å². The summed E-state index contributed by atoms with van der Waals surface area (Å²) in [6.07, 6.45) is -1.10. The molecule has 0 heterocycles. The molecule has 42 heavy (non-hydrogen) atoms. The molecule has 1 aliphatic carbocycles. The van der Waals surface area contributed by atoms with E-state index in [2.05, 4.69) is 5.32 Å². The normalized spacial score (nSPS) is 20.1. The number of amides is 2. The maximum absolute atomic E-state index is 13.8. The third kappa shape index (κ3) is 7.47. The van der Waals surface area contributed by atoms with E-state index >= 15 is 0 Å². The van der Waals surface area contributed by atoms with Gasteiger partial charge in [-0.1, -0.05) is 41.9 Å². The van der Waals surface area contributed by atoms with Crippen molar-refractivity contribution in [2.75, 3.05) is 33.5 Å². The number of ether oxygens (including phenoxy) is 4. The van der Waals surface area contributed by atoms with Crippen LogP contribution in [-0.2, 0) is 14.3 Å². The molecule has 0 saturated heterocycles. The number of carbonyl (C=O) groups is 2. The van der Waals surface area contributed by atoms with E-state index in [1.807, 2.05) is 44.2 Å². The van der Waals surface area contributed by atoms with Crippen molar-refractivity contribution >= 4 is 23.6 Å². The van der Waals surface area contributed by atoms with Crippen LogP contribution in [0.3, 0.4) is 0 Å². The first-order chi connectivity index (χ1) is 20.0. The summed E-state index contributed by atoms with van der Waals surface area (Å²) in [6.45, 7) is 9.88. The highest BCUT2D eigenvalue weighted by molar-refractivity contribution is 6.33. The van der Waals surface area contributed by atoms with Crippen LogP contribution in [-0.4, -0.2) is 72.2 Å². The number of nitrogens with zero attached hydrogens (tertiary/aromatic N) is 1. The summed E-state index contributed by atoms with van der Waals surface area (Å²) in [6, 6.07) is 10.2. The Hall–Kier alpha value is -3.05. The highest BCUT2D eigenvalue weighted by Crippen LogP contribution is 2.45. The molecule has 3 atom stereocenters. The molecule has 0 radical (unpaired) electrons. The molecule has 0 aromatic heterocycles. The number of halogens is 1. The van der Waals surface area contributed by atoms with Crippen molar-refractivity contribution in [3.05, 3.63) is 58.1 Å². The quantitative estimate of drug-likeness (QED) is 0.237. The van der Waals surface area contributed by atoms with Crippen LogP contribution in [0.4, 0.5) is 4.79 Å². The maximum Gasteiger partial charge on any atom is 0.329 e. The minimum atomic E-state index is -1.44. The van der Waals surface area contributed by atoms with Crippen molar-refractivity contribution in [3.63, 3.8) is 0 Å². The lowest BCUT2D eigenvalue weighted by atomic mass is 9.74. The Balaban J connectivity index is 1.97. The van der Waals surface area contributed by atoms with Gasteiger partial charge in [0.05, 0.1) is 54.8 Å². The minimum absolute atomic E-state index is 0.135. The van der Waals surface area contributed by atoms with E-state index < -0.39 is 29.7 Å². The fourth-order valence-corrected chi connectivity index (χ4v) is 5.55. The van der Waals surface area contributed by atoms with Gasteiger partial charge >= 0.3 is 12.0 Å². The van der Waals surface area contributed by atoms with Crippen LogP contribution in [0.15, 0.2) is 36.4 Å². The first-order valence-corrected chi connectivity index (χ1v) is 14.7. The second-order valence-corrected chi connectivity index (χ2v) is 10.8. The first kappa shape index (κ1) is 33.5. The number of methoxy groups -OCH3 is 1. The summed E-state index contributed by atoms with van der Waals surface area (Å²) >= 11 is 6.89. The molecular weight excluding hydrogens is 564 g/mol. The zero-order valence-electron chi connectivity index (χ0n) is 25.2. The second kappa shape index (κ2) is 14.9. The number of aliphatic hydroxyl groups excluding tert-OH is 1. The van der Waals surface area contributed by atoms with E-state index in [0.717, 1.165) is 5.56 Å². The van der Waals surface area contributed by atoms with E-state index in [9.17, 15) is 19.8 Å². The molecule has 3 rings (SSSR count). The number of aliphatic carboxylic acids is 1. The third-order valence-corrected chi connectivity index (χ3v) is 8.03. The molecule has 1 aliphatic rings. The van der Waals surface area contributed by atoms with Gasteiger partial charge in [0.1, 0.15) is 17.0 Å². The highest BCUT2D eigenvalue weighted by atomic mass is 35.5. The van der Waals surface area contributed by atoms with Crippen LogP contribution >= 0.6 is 11.6 Å². The van der Waals surface area contributed by atoms with Crippen LogP contribution in [0.25, 0.3) is 0 Å². The molecule has 3 N–H and O–H groups in total. The van der Waals surface area contributed by atoms with Crippen molar-refractivity contribution in [2.24, 2.45) is 0 Å². The van der Waals surface area contributed by atoms with Gasteiger partial charge in [-0.2, -0.15) is 0 Å². The van der Waals surface area contributed by atoms with E-state index in [0.29, 0.717) is 30.1 Å². The molecule has 0 aliphatic heterocycles. The molecule has 2 aromatic rings. The lowest BCUT2D eigenvalue weighted by Crippen LogP contribution is -2.66. The van der Waals surface area contributed by atoms with Crippen LogP contribution in [0.1, 0.15) is 82.4 Å². The van der Waals surface area contributed by atoms with E-state index in [1.165, 1.54) is 12.0 Å². The molecule has 11 heteroatoms. The van der Waals surface area contributed by atoms with Crippen molar-refractivity contribution in [2.45, 2.75) is 77.4 Å². The van der Waals surface area contributed by atoms with E-state index in [-0.39, 0.29) is 49.0 Å². The Morgan fingerprint density at radius 3 is 2.31 bits per heavy atom. The Bertz CT molecular complexity index is 1200. The summed E-state index contributed by atoms with van der Waals surface area (Å²) in [5.41, 5.74) is 0.486. The molecule has 1 unspecified atom stereocenters. The fourth-order valence-electron chi connectivity index (χ4n) is 5.18. The highest BCUT2D eigenvalue weighted by Gasteiger charge is 2.52. The number of urea groups is 1. The van der Waals surface area contributed by atoms with Crippen LogP contribution in [0.2, 0.25) is 5.02 Å². The number of aliphatic hydroxyl groups is 1. The summed E-state index contributed by atoms with van der Waals surface area (Å²) in [4.78, 5) is 27.5. The SMILES string of the molecule is CCOc1cc([C@@H](C)N(CCO[C@@H](C)c2ccccc2)C(=O)N[C@]2(C(=O)O)C[C@@H](OC)C2)c(Cl)c(OCC)c1C(C)O. The molecular formula is C31H43ClN2O8. The third-order valence-electron chi connectivity index (χ3n) is 7.64. The maximum atomic E-state index is 13.8. The molecule has 2 aromatic carbocycles. The lowest BCUT2D eigenvalue weighted by Gasteiger charge is -2.45. The Kier molecular flexibility index (Phi) is 11.9. The largest absolute Gasteiger partial charge is 0.493 e. The summed E-state index contributed by atoms with van der Waals surface area (Å²) in [5.74, 6) is -0.456. The zero-order valence-corrected chi connectivity index (χ0v) is 25.9. The number of rotatable bonds is 15. The fraction of sp³-hybridized carbons (Fsp3) is 0.548. The zero-order chi connectivity index (χ0) is 31.0. The Morgan fingerprint density at radius 1 is 1.12 bits per heavy atom. The molecule has 10 nitrogen and oxygen atoms in total. The van der Waals surface area contributed by atoms with Crippen LogP contribution < -0.4 is 14.8 Å². The van der Waals surface area contributed by atoms with Crippen LogP contribution in [0, 0.1) is 0 Å². The molecule has 0 spiro atoms. The summed E-state index contributed by atoms with van der Waals surface area (Å²) in [5, 5.41) is 23.5. The number of hydrogen-bond acceptors (Lipinski definition) is 7. The van der Waals surface area contributed by atoms with Crippen molar-refractivity contribution < 1.29 is 38.7 Å². The lowest BCUT2D eigenvalue weighted by molar-refractivity contribution is -0.155. The number of carboxylic acid groups (broad SMARTS) is 1. The van der Waals surface area contributed by atoms with E-state index in [1.54, 1.807) is 26.8 Å². The monoisotopic (exact) mass is 606 g/mol. The number of hydrogen-bond donors (Lipinski definition) is 3. The Morgan fingerprint density at radius 2 is 1.76 bits per heavy atom. The summed E-state index contributed by atoms with van der Waals surface area (Å²) < 4.78 is 23.1. The topological polar surface area (TPSA) is 127 Å². The average Bonchev–Trinajstić information content (AvgIpc) is 2.94. The molecule has 1 fully saturated rings. The van der Waals surface area contributed by atoms with Crippen molar-refractivity contribution in [1.82, 2.24) is 10.2 Å². The van der Waals surface area contributed by atoms with Gasteiger partial charge in [0.25, 0.3) is 0 Å². The van der Waals surface area contributed by atoms with Crippen molar-refractivity contribution in [3.8, 4) is 11.5 Å². The molecule has 0 bridgehead atoms. The van der Waals surface area contributed by atoms with Gasteiger partial charge in [-0.3, -0.25) is 0 Å². The number of carboxylic acids is 1. The van der Waals surface area contributed by atoms with Crippen LogP contribution in [0.5, 0.6) is 11.5 Å². The van der Waals surface area contributed by atoms with Gasteiger partial charge in [0.2, 0.25) is 0 Å². The van der Waals surface area contributed by atoms with Crippen molar-refractivity contribution in [1.29, 1.82) is 0 Å². The minimum Gasteiger partial charge on any atom is -0.493 e. The van der Waals surface area contributed by atoms with E-state index in [4.69, 9.17) is 30.5 Å². The number of benzene rings is 2. The second-order valence-electron chi connectivity index (χ2n) is 10.4. The average molecular weight is 607 g/mol. The van der Waals surface area contributed by atoms with Gasteiger partial charge in [-0.05, 0) is 46.2 Å². The van der Waals surface area contributed by atoms with Gasteiger partial charge in [0.15, 0.2) is 0 Å². The standard InChI is InChI=1S/C31H43ClN2O8/c1-7-40-25-16-24(27(32)28(41-8-2)26(25)20(4)35)19(3)34(14-15-42-21(5)22-12-10-9-11-13-22)30(38)33-31(29(36)37)17-23(18-31)39-6/h9-13,16,19-21,23,35H,7-8,14-15,17-18H2,1-6H3,(H,33,38)(H,36,37)/t19-,20?,21+,23-,31-/m1/s1. The van der Waals surface area contributed by atoms with Gasteiger partial charge < -0.3 is 39.4 Å². The first-order valence-electron chi connectivity index (χ1n) is 14.3. The molecule has 2 amide bonds. The van der Waals surface area contributed by atoms with Gasteiger partial charge in [-0.15, -0.1) is 0 Å². The number of carbonyl (C=O) groups excluding carboxylic acids is 1. The smallest absolute Gasteiger partial charge is 0.329 e. The number of nitrogens with one attached hydrogen (secondary N) is 1. The molecule has 1 saturated carbocycles. The predicted octanol–water partition coefficient (Wildman–Crippen LogP) is 5.67. The molecule has 232 valence electrons.